The first-order valence-corrected chi connectivity index (χ1v) is 9.73. The molecular formula is C23H25N5O3. The average Bonchev–Trinajstić information content (AvgIpc) is 2.94. The van der Waals surface area contributed by atoms with Crippen molar-refractivity contribution in [3.05, 3.63) is 81.9 Å². The van der Waals surface area contributed by atoms with Crippen LogP contribution >= 0.6 is 0 Å². The number of nitrogens with zero attached hydrogens (tertiary/aromatic N) is 2. The lowest BCUT2D eigenvalue weighted by molar-refractivity contribution is -0.121. The highest BCUT2D eigenvalue weighted by Crippen LogP contribution is 2.31. The van der Waals surface area contributed by atoms with Gasteiger partial charge in [-0.3, -0.25) is 24.3 Å². The Balaban J connectivity index is 1.81. The summed E-state index contributed by atoms with van der Waals surface area (Å²) >= 11 is 0. The average molecular weight is 419 g/mol. The molecule has 8 nitrogen and oxygen atoms in total. The third kappa shape index (κ3) is 4.32. The molecule has 1 unspecified atom stereocenters. The van der Waals surface area contributed by atoms with Crippen molar-refractivity contribution in [2.45, 2.75) is 26.7 Å². The Morgan fingerprint density at radius 1 is 1.06 bits per heavy atom. The fourth-order valence-electron chi connectivity index (χ4n) is 3.43. The van der Waals surface area contributed by atoms with E-state index in [4.69, 9.17) is 11.5 Å². The molecule has 0 saturated carbocycles. The second kappa shape index (κ2) is 8.43. The van der Waals surface area contributed by atoms with Crippen LogP contribution in [0.1, 0.15) is 55.8 Å². The number of aromatic nitrogens is 1. The van der Waals surface area contributed by atoms with Crippen LogP contribution in [0.4, 0.5) is 0 Å². The van der Waals surface area contributed by atoms with Crippen molar-refractivity contribution >= 4 is 23.4 Å². The molecule has 0 radical (unpaired) electrons. The van der Waals surface area contributed by atoms with Crippen LogP contribution in [-0.2, 0) is 4.79 Å². The molecule has 1 aliphatic rings. The lowest BCUT2D eigenvalue weighted by Crippen LogP contribution is -2.32. The van der Waals surface area contributed by atoms with Gasteiger partial charge in [0.15, 0.2) is 0 Å². The first-order chi connectivity index (χ1) is 14.6. The highest BCUT2D eigenvalue weighted by molar-refractivity contribution is 6.22. The zero-order valence-corrected chi connectivity index (χ0v) is 17.9. The van der Waals surface area contributed by atoms with E-state index in [-0.39, 0.29) is 17.3 Å². The number of hydrogen-bond donors (Lipinski definition) is 3. The number of fused-ring (bicyclic) bond motifs is 1. The summed E-state index contributed by atoms with van der Waals surface area (Å²) in [5, 5.41) is 2.62. The van der Waals surface area contributed by atoms with Crippen LogP contribution in [0, 0.1) is 13.8 Å². The van der Waals surface area contributed by atoms with Crippen molar-refractivity contribution in [3.63, 3.8) is 0 Å². The fraction of sp³-hybridized carbons (Fsp3) is 0.217. The number of carbonyl (C=O) groups is 3. The molecule has 2 aromatic rings. The number of rotatable bonds is 5. The van der Waals surface area contributed by atoms with Gasteiger partial charge in [-0.15, -0.1) is 0 Å². The molecule has 5 N–H and O–H groups in total. The molecule has 31 heavy (non-hydrogen) atoms. The Morgan fingerprint density at radius 3 is 2.45 bits per heavy atom. The summed E-state index contributed by atoms with van der Waals surface area (Å²) in [7, 11) is 1.43. The van der Waals surface area contributed by atoms with Crippen LogP contribution < -0.4 is 16.8 Å². The Hall–Kier alpha value is -3.94. The molecule has 3 rings (SSSR count). The molecule has 1 aromatic carbocycles. The number of allylic oxidation sites excluding steroid dienone is 2. The Kier molecular flexibility index (Phi) is 5.92. The van der Waals surface area contributed by atoms with Gasteiger partial charge >= 0.3 is 0 Å². The summed E-state index contributed by atoms with van der Waals surface area (Å²) in [5.74, 6) is -1.79. The minimum Gasteiger partial charge on any atom is -0.398 e. The second-order valence-electron chi connectivity index (χ2n) is 7.65. The number of imide groups is 1. The SMILES string of the molecule is Cc1cncc(/C(N)=C/C=C(\N)NC(=O)C(C)c2cc(C)cc3c2C(=O)N(C)C3=O)c1. The fourth-order valence-corrected chi connectivity index (χ4v) is 3.43. The Morgan fingerprint density at radius 2 is 1.77 bits per heavy atom. The van der Waals surface area contributed by atoms with Crippen molar-refractivity contribution < 1.29 is 14.4 Å². The van der Waals surface area contributed by atoms with Crippen molar-refractivity contribution in [3.8, 4) is 0 Å². The zero-order valence-electron chi connectivity index (χ0n) is 17.9. The zero-order chi connectivity index (χ0) is 22.9. The first kappa shape index (κ1) is 21.8. The molecule has 0 aliphatic carbocycles. The highest BCUT2D eigenvalue weighted by Gasteiger charge is 2.37. The monoisotopic (exact) mass is 419 g/mol. The van der Waals surface area contributed by atoms with E-state index in [0.29, 0.717) is 16.8 Å². The van der Waals surface area contributed by atoms with E-state index in [9.17, 15) is 14.4 Å². The number of nitrogens with two attached hydrogens (primary N) is 2. The van der Waals surface area contributed by atoms with E-state index < -0.39 is 17.7 Å². The van der Waals surface area contributed by atoms with Crippen LogP contribution in [0.5, 0.6) is 0 Å². The summed E-state index contributed by atoms with van der Waals surface area (Å²) in [5.41, 5.74) is 16.0. The number of pyridine rings is 1. The maximum absolute atomic E-state index is 12.8. The summed E-state index contributed by atoms with van der Waals surface area (Å²) < 4.78 is 0. The predicted octanol–water partition coefficient (Wildman–Crippen LogP) is 1.94. The minimum atomic E-state index is -0.703. The van der Waals surface area contributed by atoms with E-state index in [1.807, 2.05) is 19.9 Å². The molecule has 8 heteroatoms. The van der Waals surface area contributed by atoms with Crippen molar-refractivity contribution in [1.29, 1.82) is 0 Å². The smallest absolute Gasteiger partial charge is 0.261 e. The second-order valence-corrected chi connectivity index (χ2v) is 7.65. The molecule has 2 heterocycles. The molecular weight excluding hydrogens is 394 g/mol. The Bertz CT molecular complexity index is 1150. The van der Waals surface area contributed by atoms with Gasteiger partial charge in [-0.05, 0) is 61.7 Å². The van der Waals surface area contributed by atoms with Crippen LogP contribution in [0.15, 0.2) is 48.6 Å². The van der Waals surface area contributed by atoms with E-state index in [0.717, 1.165) is 21.6 Å². The van der Waals surface area contributed by atoms with Gasteiger partial charge in [0, 0.05) is 30.7 Å². The predicted molar refractivity (Wildman–Crippen MR) is 118 cm³/mol. The maximum Gasteiger partial charge on any atom is 0.261 e. The maximum atomic E-state index is 12.8. The third-order valence-electron chi connectivity index (χ3n) is 5.14. The molecule has 0 fully saturated rings. The van der Waals surface area contributed by atoms with Gasteiger partial charge in [0.05, 0.1) is 17.0 Å². The van der Waals surface area contributed by atoms with Gasteiger partial charge < -0.3 is 16.8 Å². The van der Waals surface area contributed by atoms with Crippen molar-refractivity contribution in [1.82, 2.24) is 15.2 Å². The summed E-state index contributed by atoms with van der Waals surface area (Å²) in [6, 6.07) is 5.29. The standard InChI is InChI=1S/C23H25N5O3/c1-12-8-16(20-17(9-12)22(30)28(4)23(20)31)14(3)21(29)27-19(25)6-5-18(24)15-7-13(2)10-26-11-15/h5-11,14H,24-25H2,1-4H3,(H,27,29)/b18-5-,19-6+. The van der Waals surface area contributed by atoms with Gasteiger partial charge in [-0.25, -0.2) is 0 Å². The summed E-state index contributed by atoms with van der Waals surface area (Å²) in [6.07, 6.45) is 6.43. The number of benzene rings is 1. The van der Waals surface area contributed by atoms with E-state index in [2.05, 4.69) is 10.3 Å². The molecule has 0 saturated heterocycles. The third-order valence-corrected chi connectivity index (χ3v) is 5.14. The molecule has 160 valence electrons. The van der Waals surface area contributed by atoms with Crippen LogP contribution in [0.2, 0.25) is 0 Å². The van der Waals surface area contributed by atoms with Gasteiger partial charge in [0.25, 0.3) is 11.8 Å². The molecule has 1 atom stereocenters. The summed E-state index contributed by atoms with van der Waals surface area (Å²) in [6.45, 7) is 5.39. The lowest BCUT2D eigenvalue weighted by atomic mass is 9.90. The first-order valence-electron chi connectivity index (χ1n) is 9.73. The largest absolute Gasteiger partial charge is 0.398 e. The molecule has 3 amide bonds. The number of hydrogen-bond acceptors (Lipinski definition) is 6. The highest BCUT2D eigenvalue weighted by atomic mass is 16.2. The van der Waals surface area contributed by atoms with Crippen molar-refractivity contribution in [2.75, 3.05) is 7.05 Å². The molecule has 1 aliphatic heterocycles. The lowest BCUT2D eigenvalue weighted by Gasteiger charge is -2.16. The van der Waals surface area contributed by atoms with Gasteiger partial charge in [0.2, 0.25) is 5.91 Å². The quantitative estimate of drug-likeness (QED) is 0.501. The normalized spacial score (nSPS) is 15.2. The number of amides is 3. The van der Waals surface area contributed by atoms with Gasteiger partial charge in [-0.1, -0.05) is 6.07 Å². The van der Waals surface area contributed by atoms with E-state index in [1.54, 1.807) is 37.5 Å². The molecule has 0 bridgehead atoms. The van der Waals surface area contributed by atoms with E-state index in [1.165, 1.54) is 13.1 Å². The van der Waals surface area contributed by atoms with Crippen LogP contribution in [0.3, 0.4) is 0 Å². The van der Waals surface area contributed by atoms with E-state index >= 15 is 0 Å². The topological polar surface area (TPSA) is 131 Å². The minimum absolute atomic E-state index is 0.101. The molecule has 1 aromatic heterocycles. The number of carbonyl (C=O) groups excluding carboxylic acids is 3. The summed E-state index contributed by atoms with van der Waals surface area (Å²) in [4.78, 5) is 42.8. The molecule has 0 spiro atoms. The Labute approximate surface area is 180 Å². The van der Waals surface area contributed by atoms with Gasteiger partial charge in [0.1, 0.15) is 5.82 Å². The van der Waals surface area contributed by atoms with Crippen LogP contribution in [-0.4, -0.2) is 34.7 Å². The van der Waals surface area contributed by atoms with Crippen LogP contribution in [0.25, 0.3) is 5.70 Å². The number of nitrogens with one attached hydrogen (secondary N) is 1. The number of aryl methyl sites for hydroxylation is 2. The van der Waals surface area contributed by atoms with Gasteiger partial charge in [-0.2, -0.15) is 0 Å². The van der Waals surface area contributed by atoms with Crippen molar-refractivity contribution in [2.24, 2.45) is 11.5 Å².